The van der Waals surface area contributed by atoms with Gasteiger partial charge in [-0.05, 0) is 36.4 Å². The maximum absolute atomic E-state index is 12.0. The molecule has 2 aromatic carbocycles. The van der Waals surface area contributed by atoms with Gasteiger partial charge in [0.15, 0.2) is 5.65 Å². The minimum atomic E-state index is -0.0332. The summed E-state index contributed by atoms with van der Waals surface area (Å²) in [7, 11) is 3.46. The van der Waals surface area contributed by atoms with Crippen LogP contribution in [0.5, 0.6) is 5.75 Å². The number of phenols is 1. The quantitative estimate of drug-likeness (QED) is 0.609. The Balaban J connectivity index is 1.74. The number of amides is 1. The van der Waals surface area contributed by atoms with Gasteiger partial charge in [0, 0.05) is 37.0 Å². The molecule has 0 aliphatic rings. The maximum atomic E-state index is 12.0. The number of aromatic nitrogens is 3. The zero-order valence-electron chi connectivity index (χ0n) is 15.0. The molecule has 1 N–H and O–H groups in total. The van der Waals surface area contributed by atoms with Gasteiger partial charge in [-0.15, -0.1) is 0 Å². The summed E-state index contributed by atoms with van der Waals surface area (Å²) in [4.78, 5) is 22.5. The average molecular weight is 358 g/mol. The average Bonchev–Trinajstić information content (AvgIpc) is 3.11. The molecular weight excluding hydrogens is 340 g/mol. The van der Waals surface area contributed by atoms with Crippen LogP contribution in [0.1, 0.15) is 10.4 Å². The van der Waals surface area contributed by atoms with E-state index < -0.39 is 0 Å². The van der Waals surface area contributed by atoms with Crippen LogP contribution in [-0.4, -0.2) is 44.4 Å². The fourth-order valence-electron chi connectivity index (χ4n) is 2.93. The lowest BCUT2D eigenvalue weighted by atomic mass is 10.1. The van der Waals surface area contributed by atoms with Crippen LogP contribution in [0.4, 0.5) is 0 Å². The minimum absolute atomic E-state index is 0.0332. The first-order valence-corrected chi connectivity index (χ1v) is 8.47. The fraction of sp³-hybridized carbons (Fsp3) is 0.0952. The van der Waals surface area contributed by atoms with Crippen molar-refractivity contribution >= 4 is 11.6 Å². The standard InChI is InChI=1S/C21H18N4O2/c1-24(2)21(27)16-5-3-14(4-6-16)18-13-25-19(11-23-20(25)12-22-18)15-7-9-17(26)10-8-15/h3-13,26H,1-2H3. The predicted octanol–water partition coefficient (Wildman–Crippen LogP) is 3.47. The van der Waals surface area contributed by atoms with E-state index in [0.29, 0.717) is 5.56 Å². The third-order valence-electron chi connectivity index (χ3n) is 4.39. The number of aromatic hydroxyl groups is 1. The molecule has 0 atom stereocenters. The van der Waals surface area contributed by atoms with Gasteiger partial charge in [0.1, 0.15) is 5.75 Å². The normalized spacial score (nSPS) is 10.9. The summed E-state index contributed by atoms with van der Waals surface area (Å²) in [5, 5.41) is 9.50. The van der Waals surface area contributed by atoms with Crippen molar-refractivity contribution in [1.82, 2.24) is 19.3 Å². The topological polar surface area (TPSA) is 70.7 Å². The Bertz CT molecular complexity index is 1110. The molecule has 134 valence electrons. The summed E-state index contributed by atoms with van der Waals surface area (Å²) in [6, 6.07) is 14.4. The Hall–Kier alpha value is -3.67. The van der Waals surface area contributed by atoms with E-state index in [-0.39, 0.29) is 11.7 Å². The SMILES string of the molecule is CN(C)C(=O)c1ccc(-c2cn3c(-c4ccc(O)cc4)cnc3cn2)cc1. The van der Waals surface area contributed by atoms with E-state index in [4.69, 9.17) is 0 Å². The van der Waals surface area contributed by atoms with Crippen LogP contribution >= 0.6 is 0 Å². The van der Waals surface area contributed by atoms with Crippen LogP contribution in [0.25, 0.3) is 28.2 Å². The number of hydrogen-bond acceptors (Lipinski definition) is 4. The molecule has 0 aliphatic carbocycles. The first-order chi connectivity index (χ1) is 13.0. The summed E-state index contributed by atoms with van der Waals surface area (Å²) in [5.74, 6) is 0.191. The monoisotopic (exact) mass is 358 g/mol. The maximum Gasteiger partial charge on any atom is 0.253 e. The highest BCUT2D eigenvalue weighted by atomic mass is 16.3. The van der Waals surface area contributed by atoms with Gasteiger partial charge in [-0.3, -0.25) is 14.2 Å². The van der Waals surface area contributed by atoms with Gasteiger partial charge >= 0.3 is 0 Å². The number of rotatable bonds is 3. The van der Waals surface area contributed by atoms with Gasteiger partial charge in [0.25, 0.3) is 5.91 Å². The van der Waals surface area contributed by atoms with Crippen molar-refractivity contribution < 1.29 is 9.90 Å². The molecule has 6 heteroatoms. The van der Waals surface area contributed by atoms with Crippen molar-refractivity contribution in [3.63, 3.8) is 0 Å². The zero-order valence-corrected chi connectivity index (χ0v) is 15.0. The van der Waals surface area contributed by atoms with Crippen molar-refractivity contribution in [3.8, 4) is 28.3 Å². The Morgan fingerprint density at radius 2 is 1.59 bits per heavy atom. The van der Waals surface area contributed by atoms with E-state index in [1.165, 1.54) is 0 Å². The summed E-state index contributed by atoms with van der Waals surface area (Å²) in [6.07, 6.45) is 5.43. The highest BCUT2D eigenvalue weighted by molar-refractivity contribution is 5.94. The molecule has 2 aromatic heterocycles. The second-order valence-corrected chi connectivity index (χ2v) is 6.47. The lowest BCUT2D eigenvalue weighted by molar-refractivity contribution is 0.0827. The summed E-state index contributed by atoms with van der Waals surface area (Å²) in [5.41, 5.74) is 4.93. The van der Waals surface area contributed by atoms with E-state index >= 15 is 0 Å². The first kappa shape index (κ1) is 16.8. The van der Waals surface area contributed by atoms with Crippen LogP contribution in [0.15, 0.2) is 67.1 Å². The summed E-state index contributed by atoms with van der Waals surface area (Å²) in [6.45, 7) is 0. The van der Waals surface area contributed by atoms with Crippen LogP contribution in [0.3, 0.4) is 0 Å². The molecule has 0 bridgehead atoms. The first-order valence-electron chi connectivity index (χ1n) is 8.47. The number of carbonyl (C=O) groups excluding carboxylic acids is 1. The molecule has 0 unspecified atom stereocenters. The van der Waals surface area contributed by atoms with Crippen molar-refractivity contribution in [3.05, 3.63) is 72.7 Å². The van der Waals surface area contributed by atoms with Gasteiger partial charge in [-0.2, -0.15) is 0 Å². The zero-order chi connectivity index (χ0) is 19.0. The molecule has 4 aromatic rings. The molecular formula is C21H18N4O2. The molecule has 1 amide bonds. The molecule has 0 radical (unpaired) electrons. The molecule has 0 aliphatic heterocycles. The minimum Gasteiger partial charge on any atom is -0.508 e. The number of imidazole rings is 1. The number of nitrogens with zero attached hydrogens (tertiary/aromatic N) is 4. The number of hydrogen-bond donors (Lipinski definition) is 1. The smallest absolute Gasteiger partial charge is 0.253 e. The highest BCUT2D eigenvalue weighted by Crippen LogP contribution is 2.25. The van der Waals surface area contributed by atoms with Crippen LogP contribution < -0.4 is 0 Å². The Morgan fingerprint density at radius 1 is 0.926 bits per heavy atom. The summed E-state index contributed by atoms with van der Waals surface area (Å²) >= 11 is 0. The molecule has 0 fully saturated rings. The Kier molecular flexibility index (Phi) is 4.08. The van der Waals surface area contributed by atoms with Gasteiger partial charge < -0.3 is 10.0 Å². The molecule has 6 nitrogen and oxygen atoms in total. The van der Waals surface area contributed by atoms with Crippen LogP contribution in [0.2, 0.25) is 0 Å². The predicted molar refractivity (Wildman–Crippen MR) is 104 cm³/mol. The number of carbonyl (C=O) groups is 1. The second-order valence-electron chi connectivity index (χ2n) is 6.47. The third-order valence-corrected chi connectivity index (χ3v) is 4.39. The number of benzene rings is 2. The van der Waals surface area contributed by atoms with Gasteiger partial charge in [0.05, 0.1) is 23.8 Å². The lowest BCUT2D eigenvalue weighted by Gasteiger charge is -2.10. The lowest BCUT2D eigenvalue weighted by Crippen LogP contribution is -2.21. The van der Waals surface area contributed by atoms with E-state index in [0.717, 1.165) is 28.2 Å². The second kappa shape index (κ2) is 6.57. The Labute approximate surface area is 156 Å². The van der Waals surface area contributed by atoms with E-state index in [9.17, 15) is 9.90 Å². The van der Waals surface area contributed by atoms with Gasteiger partial charge in [-0.1, -0.05) is 12.1 Å². The third kappa shape index (κ3) is 3.13. The van der Waals surface area contributed by atoms with E-state index in [1.807, 2.05) is 34.9 Å². The highest BCUT2D eigenvalue weighted by Gasteiger charge is 2.11. The molecule has 2 heterocycles. The molecule has 4 rings (SSSR count). The van der Waals surface area contributed by atoms with Crippen molar-refractivity contribution in [2.45, 2.75) is 0 Å². The molecule has 27 heavy (non-hydrogen) atoms. The Morgan fingerprint density at radius 3 is 2.26 bits per heavy atom. The number of phenolic OH excluding ortho intramolecular Hbond substituents is 1. The molecule has 0 saturated heterocycles. The van der Waals surface area contributed by atoms with Crippen molar-refractivity contribution in [2.75, 3.05) is 14.1 Å². The van der Waals surface area contributed by atoms with Crippen molar-refractivity contribution in [1.29, 1.82) is 0 Å². The molecule has 0 saturated carbocycles. The largest absolute Gasteiger partial charge is 0.508 e. The van der Waals surface area contributed by atoms with E-state index in [2.05, 4.69) is 9.97 Å². The van der Waals surface area contributed by atoms with Crippen molar-refractivity contribution in [2.24, 2.45) is 0 Å². The van der Waals surface area contributed by atoms with E-state index in [1.54, 1.807) is 55.7 Å². The summed E-state index contributed by atoms with van der Waals surface area (Å²) < 4.78 is 1.97. The number of fused-ring (bicyclic) bond motifs is 1. The van der Waals surface area contributed by atoms with Gasteiger partial charge in [0.2, 0.25) is 0 Å². The fourth-order valence-corrected chi connectivity index (χ4v) is 2.93. The van der Waals surface area contributed by atoms with Crippen LogP contribution in [0, 0.1) is 0 Å². The van der Waals surface area contributed by atoms with Gasteiger partial charge in [-0.25, -0.2) is 4.98 Å². The molecule has 0 spiro atoms. The van der Waals surface area contributed by atoms with Crippen LogP contribution in [-0.2, 0) is 0 Å².